The number of pyridine rings is 1. The van der Waals surface area contributed by atoms with Crippen LogP contribution in [0.15, 0.2) is 29.6 Å². The van der Waals surface area contributed by atoms with Gasteiger partial charge in [0, 0.05) is 11.9 Å². The van der Waals surface area contributed by atoms with Crippen molar-refractivity contribution in [2.24, 2.45) is 0 Å². The van der Waals surface area contributed by atoms with E-state index in [0.29, 0.717) is 5.02 Å². The van der Waals surface area contributed by atoms with Gasteiger partial charge < -0.3 is 4.90 Å². The molecule has 0 aromatic carbocycles. The smallest absolute Gasteiger partial charge is 0.274 e. The molecule has 100 valence electrons. The number of amides is 1. The van der Waals surface area contributed by atoms with Crippen molar-refractivity contribution in [3.63, 3.8) is 0 Å². The van der Waals surface area contributed by atoms with E-state index in [-0.39, 0.29) is 22.8 Å². The summed E-state index contributed by atoms with van der Waals surface area (Å²) < 4.78 is 0. The van der Waals surface area contributed by atoms with E-state index in [1.807, 2.05) is 24.4 Å². The largest absolute Gasteiger partial charge is 0.333 e. The zero-order valence-corrected chi connectivity index (χ0v) is 12.8. The van der Waals surface area contributed by atoms with Crippen molar-refractivity contribution in [2.75, 3.05) is 7.05 Å². The first-order valence-corrected chi connectivity index (χ1v) is 7.27. The Bertz CT molecular complexity index is 586. The number of carbonyl (C=O) groups is 1. The first-order valence-electron chi connectivity index (χ1n) is 5.63. The monoisotopic (exact) mass is 314 g/mol. The quantitative estimate of drug-likeness (QED) is 0.792. The molecule has 3 nitrogen and oxygen atoms in total. The van der Waals surface area contributed by atoms with E-state index < -0.39 is 0 Å². The van der Waals surface area contributed by atoms with Crippen LogP contribution in [0.25, 0.3) is 0 Å². The molecule has 0 N–H and O–H groups in total. The molecular formula is C13H12Cl2N2OS. The molecule has 2 aromatic heterocycles. The summed E-state index contributed by atoms with van der Waals surface area (Å²) in [5, 5.41) is 2.54. The van der Waals surface area contributed by atoms with Crippen LogP contribution in [0.5, 0.6) is 0 Å². The lowest BCUT2D eigenvalue weighted by molar-refractivity contribution is 0.0739. The van der Waals surface area contributed by atoms with Crippen molar-refractivity contribution in [3.05, 3.63) is 50.4 Å². The highest BCUT2D eigenvalue weighted by atomic mass is 35.5. The van der Waals surface area contributed by atoms with Crippen LogP contribution in [0, 0.1) is 0 Å². The van der Waals surface area contributed by atoms with Gasteiger partial charge in [0.15, 0.2) is 0 Å². The van der Waals surface area contributed by atoms with E-state index in [1.54, 1.807) is 35.4 Å². The zero-order chi connectivity index (χ0) is 14.0. The van der Waals surface area contributed by atoms with Crippen molar-refractivity contribution in [2.45, 2.75) is 13.0 Å². The Morgan fingerprint density at radius 1 is 1.37 bits per heavy atom. The molecule has 0 saturated carbocycles. The first-order chi connectivity index (χ1) is 9.00. The van der Waals surface area contributed by atoms with Crippen LogP contribution in [0.4, 0.5) is 0 Å². The minimum Gasteiger partial charge on any atom is -0.333 e. The third-order valence-corrected chi connectivity index (χ3v) is 4.43. The summed E-state index contributed by atoms with van der Waals surface area (Å²) in [5.74, 6) is -0.242. The van der Waals surface area contributed by atoms with Crippen LogP contribution in [0.2, 0.25) is 10.2 Å². The van der Waals surface area contributed by atoms with E-state index in [9.17, 15) is 4.79 Å². The maximum Gasteiger partial charge on any atom is 0.274 e. The van der Waals surface area contributed by atoms with Crippen molar-refractivity contribution < 1.29 is 4.79 Å². The van der Waals surface area contributed by atoms with Gasteiger partial charge in [-0.05, 0) is 30.5 Å². The van der Waals surface area contributed by atoms with Gasteiger partial charge in [-0.3, -0.25) is 4.79 Å². The molecule has 1 atom stereocenters. The molecule has 0 fully saturated rings. The first kappa shape index (κ1) is 14.3. The normalized spacial score (nSPS) is 12.2. The number of nitrogens with zero attached hydrogens (tertiary/aromatic N) is 2. The summed E-state index contributed by atoms with van der Waals surface area (Å²) in [6, 6.07) is 7.05. The highest BCUT2D eigenvalue weighted by Crippen LogP contribution is 2.26. The number of rotatable bonds is 3. The molecule has 19 heavy (non-hydrogen) atoms. The standard InChI is InChI=1S/C13H12Cl2N2OS/c1-8(10-4-3-7-19-10)17(2)13(18)12-9(14)5-6-11(15)16-12/h3-8H,1-2H3/t8-/m1/s1. The Morgan fingerprint density at radius 2 is 2.11 bits per heavy atom. The van der Waals surface area contributed by atoms with Crippen LogP contribution < -0.4 is 0 Å². The van der Waals surface area contributed by atoms with Crippen LogP contribution in [0.1, 0.15) is 28.3 Å². The Morgan fingerprint density at radius 3 is 2.74 bits per heavy atom. The number of thiophene rings is 1. The average Bonchev–Trinajstić information content (AvgIpc) is 2.93. The Balaban J connectivity index is 2.26. The summed E-state index contributed by atoms with van der Waals surface area (Å²) in [5.41, 5.74) is 0.181. The molecular weight excluding hydrogens is 303 g/mol. The minimum absolute atomic E-state index is 0.0376. The summed E-state index contributed by atoms with van der Waals surface area (Å²) in [6.07, 6.45) is 0. The zero-order valence-electron chi connectivity index (χ0n) is 10.4. The molecule has 0 saturated heterocycles. The number of carbonyl (C=O) groups excluding carboxylic acids is 1. The molecule has 6 heteroatoms. The lowest BCUT2D eigenvalue weighted by Gasteiger charge is -2.24. The molecule has 0 bridgehead atoms. The molecule has 0 radical (unpaired) electrons. The average molecular weight is 315 g/mol. The lowest BCUT2D eigenvalue weighted by atomic mass is 10.2. The fourth-order valence-corrected chi connectivity index (χ4v) is 2.79. The van der Waals surface area contributed by atoms with E-state index in [1.165, 1.54) is 0 Å². The molecule has 0 aliphatic heterocycles. The highest BCUT2D eigenvalue weighted by molar-refractivity contribution is 7.10. The van der Waals surface area contributed by atoms with Crippen LogP contribution >= 0.6 is 34.5 Å². The lowest BCUT2D eigenvalue weighted by Crippen LogP contribution is -2.30. The Hall–Kier alpha value is -1.10. The molecule has 2 rings (SSSR count). The van der Waals surface area contributed by atoms with Gasteiger partial charge in [0.1, 0.15) is 10.8 Å². The number of hydrogen-bond acceptors (Lipinski definition) is 3. The van der Waals surface area contributed by atoms with E-state index in [0.717, 1.165) is 4.88 Å². The van der Waals surface area contributed by atoms with E-state index in [2.05, 4.69) is 4.98 Å². The summed E-state index contributed by atoms with van der Waals surface area (Å²) in [4.78, 5) is 19.1. The fraction of sp³-hybridized carbons (Fsp3) is 0.231. The fourth-order valence-electron chi connectivity index (χ4n) is 1.63. The predicted octanol–water partition coefficient (Wildman–Crippen LogP) is 4.28. The second kappa shape index (κ2) is 5.90. The van der Waals surface area contributed by atoms with E-state index >= 15 is 0 Å². The number of hydrogen-bond donors (Lipinski definition) is 0. The molecule has 0 spiro atoms. The van der Waals surface area contributed by atoms with E-state index in [4.69, 9.17) is 23.2 Å². The molecule has 1 amide bonds. The molecule has 0 aliphatic carbocycles. The van der Waals surface area contributed by atoms with Gasteiger partial charge in [0.25, 0.3) is 5.91 Å². The molecule has 2 heterocycles. The van der Waals surface area contributed by atoms with Crippen molar-refractivity contribution in [1.82, 2.24) is 9.88 Å². The SMILES string of the molecule is C[C@H](c1cccs1)N(C)C(=O)c1nc(Cl)ccc1Cl. The summed E-state index contributed by atoms with van der Waals surface area (Å²) >= 11 is 13.4. The molecule has 2 aromatic rings. The van der Waals surface area contributed by atoms with Gasteiger partial charge in [0.2, 0.25) is 0 Å². The van der Waals surface area contributed by atoms with Crippen LogP contribution in [0.3, 0.4) is 0 Å². The second-order valence-electron chi connectivity index (χ2n) is 4.07. The maximum absolute atomic E-state index is 12.4. The molecule has 0 aliphatic rings. The molecule has 0 unspecified atom stereocenters. The second-order valence-corrected chi connectivity index (χ2v) is 5.85. The summed E-state index contributed by atoms with van der Waals surface area (Å²) in [6.45, 7) is 1.96. The van der Waals surface area contributed by atoms with Gasteiger partial charge in [-0.15, -0.1) is 11.3 Å². The van der Waals surface area contributed by atoms with Crippen molar-refractivity contribution in [1.29, 1.82) is 0 Å². The van der Waals surface area contributed by atoms with Gasteiger partial charge in [0.05, 0.1) is 11.1 Å². The topological polar surface area (TPSA) is 33.2 Å². The Labute approximate surface area is 125 Å². The van der Waals surface area contributed by atoms with Crippen LogP contribution in [-0.2, 0) is 0 Å². The Kier molecular flexibility index (Phi) is 4.45. The summed E-state index contributed by atoms with van der Waals surface area (Å²) in [7, 11) is 1.73. The van der Waals surface area contributed by atoms with Crippen molar-refractivity contribution >= 4 is 40.4 Å². The maximum atomic E-state index is 12.4. The van der Waals surface area contributed by atoms with Gasteiger partial charge in [-0.25, -0.2) is 4.98 Å². The number of aromatic nitrogens is 1. The van der Waals surface area contributed by atoms with Crippen LogP contribution in [-0.4, -0.2) is 22.8 Å². The van der Waals surface area contributed by atoms with Gasteiger partial charge in [-0.2, -0.15) is 0 Å². The highest BCUT2D eigenvalue weighted by Gasteiger charge is 2.22. The third kappa shape index (κ3) is 3.08. The number of halogens is 2. The third-order valence-electron chi connectivity index (χ3n) is 2.87. The predicted molar refractivity (Wildman–Crippen MR) is 79.1 cm³/mol. The van der Waals surface area contributed by atoms with Gasteiger partial charge in [-0.1, -0.05) is 29.3 Å². The van der Waals surface area contributed by atoms with Gasteiger partial charge >= 0.3 is 0 Å². The van der Waals surface area contributed by atoms with Crippen molar-refractivity contribution in [3.8, 4) is 0 Å². The minimum atomic E-state index is -0.242.